The van der Waals surface area contributed by atoms with Crippen LogP contribution >= 0.6 is 0 Å². The molecule has 0 aliphatic carbocycles. The number of amides is 1. The van der Waals surface area contributed by atoms with Crippen LogP contribution in [0.1, 0.15) is 26.7 Å². The number of carbonyl (C=O) groups excluding carboxylic acids is 1. The van der Waals surface area contributed by atoms with E-state index >= 15 is 0 Å². The van der Waals surface area contributed by atoms with E-state index in [0.29, 0.717) is 37.7 Å². The van der Waals surface area contributed by atoms with Crippen molar-refractivity contribution in [3.8, 4) is 11.5 Å². The van der Waals surface area contributed by atoms with Crippen molar-refractivity contribution in [3.05, 3.63) is 18.2 Å². The standard InChI is InChI=1S/C19H31N3O5S/c1-5-6-15(2)20-19(23)14-21-9-11-22(12-10-21)28(24,25)16-7-8-17(26-3)18(13-16)27-4/h7-8,13,15H,5-6,9-12,14H2,1-4H3,(H,20,23)/t15-/m1/s1. The van der Waals surface area contributed by atoms with E-state index < -0.39 is 10.0 Å². The van der Waals surface area contributed by atoms with E-state index in [2.05, 4.69) is 12.2 Å². The first-order valence-corrected chi connectivity index (χ1v) is 11.0. The van der Waals surface area contributed by atoms with Gasteiger partial charge in [0.25, 0.3) is 0 Å². The van der Waals surface area contributed by atoms with Crippen LogP contribution in [-0.4, -0.2) is 76.5 Å². The number of nitrogens with one attached hydrogen (secondary N) is 1. The number of ether oxygens (including phenoxy) is 2. The van der Waals surface area contributed by atoms with Crippen LogP contribution in [0, 0.1) is 0 Å². The van der Waals surface area contributed by atoms with Crippen molar-refractivity contribution in [2.75, 3.05) is 46.9 Å². The van der Waals surface area contributed by atoms with E-state index in [1.165, 1.54) is 30.7 Å². The smallest absolute Gasteiger partial charge is 0.243 e. The van der Waals surface area contributed by atoms with Crippen molar-refractivity contribution < 1.29 is 22.7 Å². The van der Waals surface area contributed by atoms with Gasteiger partial charge in [0, 0.05) is 38.3 Å². The molecule has 0 spiro atoms. The largest absolute Gasteiger partial charge is 0.493 e. The lowest BCUT2D eigenvalue weighted by Crippen LogP contribution is -2.51. The van der Waals surface area contributed by atoms with Gasteiger partial charge in [-0.25, -0.2) is 8.42 Å². The fraction of sp³-hybridized carbons (Fsp3) is 0.632. The maximum absolute atomic E-state index is 12.9. The fourth-order valence-electron chi connectivity index (χ4n) is 3.28. The van der Waals surface area contributed by atoms with Crippen LogP contribution in [0.3, 0.4) is 0 Å². The van der Waals surface area contributed by atoms with Gasteiger partial charge in [-0.2, -0.15) is 4.31 Å². The molecule has 1 heterocycles. The van der Waals surface area contributed by atoms with Crippen molar-refractivity contribution in [2.45, 2.75) is 37.6 Å². The van der Waals surface area contributed by atoms with E-state index in [9.17, 15) is 13.2 Å². The van der Waals surface area contributed by atoms with Gasteiger partial charge < -0.3 is 14.8 Å². The summed E-state index contributed by atoms with van der Waals surface area (Å²) in [6, 6.07) is 4.74. The number of hydrogen-bond acceptors (Lipinski definition) is 6. The lowest BCUT2D eigenvalue weighted by molar-refractivity contribution is -0.123. The second-order valence-corrected chi connectivity index (χ2v) is 8.89. The molecule has 1 fully saturated rings. The molecule has 28 heavy (non-hydrogen) atoms. The SMILES string of the molecule is CCC[C@@H](C)NC(=O)CN1CCN(S(=O)(=O)c2ccc(OC)c(OC)c2)CC1. The Morgan fingerprint density at radius 2 is 1.79 bits per heavy atom. The number of rotatable bonds is 9. The molecular formula is C19H31N3O5S. The van der Waals surface area contributed by atoms with Crippen LogP contribution in [-0.2, 0) is 14.8 Å². The Balaban J connectivity index is 1.95. The topological polar surface area (TPSA) is 88.2 Å². The van der Waals surface area contributed by atoms with Gasteiger partial charge in [0.1, 0.15) is 0 Å². The minimum atomic E-state index is -3.63. The second-order valence-electron chi connectivity index (χ2n) is 6.95. The Morgan fingerprint density at radius 3 is 2.36 bits per heavy atom. The van der Waals surface area contributed by atoms with Crippen molar-refractivity contribution in [2.24, 2.45) is 0 Å². The molecular weight excluding hydrogens is 382 g/mol. The van der Waals surface area contributed by atoms with Crippen LogP contribution in [0.4, 0.5) is 0 Å². The number of carbonyl (C=O) groups is 1. The zero-order chi connectivity index (χ0) is 20.7. The number of hydrogen-bond donors (Lipinski definition) is 1. The Morgan fingerprint density at radius 1 is 1.14 bits per heavy atom. The summed E-state index contributed by atoms with van der Waals surface area (Å²) in [5.41, 5.74) is 0. The highest BCUT2D eigenvalue weighted by molar-refractivity contribution is 7.89. The van der Waals surface area contributed by atoms with Gasteiger partial charge in [0.2, 0.25) is 15.9 Å². The fourth-order valence-corrected chi connectivity index (χ4v) is 4.72. The highest BCUT2D eigenvalue weighted by atomic mass is 32.2. The van der Waals surface area contributed by atoms with Gasteiger partial charge in [-0.15, -0.1) is 0 Å². The molecule has 0 unspecified atom stereocenters. The average molecular weight is 414 g/mol. The molecule has 9 heteroatoms. The molecule has 1 aliphatic rings. The molecule has 0 radical (unpaired) electrons. The predicted octanol–water partition coefficient (Wildman–Crippen LogP) is 1.31. The van der Waals surface area contributed by atoms with Crippen LogP contribution in [0.25, 0.3) is 0 Å². The third kappa shape index (κ3) is 5.59. The van der Waals surface area contributed by atoms with E-state index in [-0.39, 0.29) is 23.4 Å². The monoisotopic (exact) mass is 413 g/mol. The predicted molar refractivity (Wildman–Crippen MR) is 107 cm³/mol. The van der Waals surface area contributed by atoms with Gasteiger partial charge in [-0.05, 0) is 25.5 Å². The minimum absolute atomic E-state index is 0.0165. The molecule has 2 rings (SSSR count). The molecule has 8 nitrogen and oxygen atoms in total. The summed E-state index contributed by atoms with van der Waals surface area (Å²) in [7, 11) is -0.651. The molecule has 1 aliphatic heterocycles. The molecule has 1 atom stereocenters. The van der Waals surface area contributed by atoms with E-state index in [4.69, 9.17) is 9.47 Å². The number of nitrogens with zero attached hydrogens (tertiary/aromatic N) is 2. The first kappa shape index (κ1) is 22.4. The Hall–Kier alpha value is -1.84. The van der Waals surface area contributed by atoms with Crippen LogP contribution in [0.2, 0.25) is 0 Å². The summed E-state index contributed by atoms with van der Waals surface area (Å²) in [5.74, 6) is 0.840. The maximum atomic E-state index is 12.9. The third-order valence-electron chi connectivity index (χ3n) is 4.82. The Kier molecular flexibility index (Phi) is 8.09. The summed E-state index contributed by atoms with van der Waals surface area (Å²) in [6.45, 7) is 6.08. The van der Waals surface area contributed by atoms with E-state index in [1.54, 1.807) is 6.07 Å². The maximum Gasteiger partial charge on any atom is 0.243 e. The van der Waals surface area contributed by atoms with Crippen LogP contribution in [0.15, 0.2) is 23.1 Å². The zero-order valence-electron chi connectivity index (χ0n) is 17.1. The summed E-state index contributed by atoms with van der Waals surface area (Å²) < 4.78 is 37.7. The van der Waals surface area contributed by atoms with Gasteiger partial charge in [-0.1, -0.05) is 13.3 Å². The molecule has 0 bridgehead atoms. The molecule has 1 N–H and O–H groups in total. The van der Waals surface area contributed by atoms with Crippen molar-refractivity contribution in [1.29, 1.82) is 0 Å². The minimum Gasteiger partial charge on any atom is -0.493 e. The molecule has 1 saturated heterocycles. The van der Waals surface area contributed by atoms with Gasteiger partial charge >= 0.3 is 0 Å². The zero-order valence-corrected chi connectivity index (χ0v) is 17.9. The Labute approximate surface area is 167 Å². The average Bonchev–Trinajstić information content (AvgIpc) is 2.67. The molecule has 1 aromatic carbocycles. The lowest BCUT2D eigenvalue weighted by atomic mass is 10.2. The first-order chi connectivity index (χ1) is 13.3. The molecule has 0 aromatic heterocycles. The number of sulfonamides is 1. The number of methoxy groups -OCH3 is 2. The van der Waals surface area contributed by atoms with Crippen molar-refractivity contribution in [1.82, 2.24) is 14.5 Å². The van der Waals surface area contributed by atoms with E-state index in [1.807, 2.05) is 11.8 Å². The van der Waals surface area contributed by atoms with Crippen LogP contribution in [0.5, 0.6) is 11.5 Å². The quantitative estimate of drug-likeness (QED) is 0.657. The summed E-state index contributed by atoms with van der Waals surface area (Å²) >= 11 is 0. The normalized spacial score (nSPS) is 17.1. The van der Waals surface area contributed by atoms with Crippen molar-refractivity contribution >= 4 is 15.9 Å². The van der Waals surface area contributed by atoms with Gasteiger partial charge in [0.05, 0.1) is 25.7 Å². The summed E-state index contributed by atoms with van der Waals surface area (Å²) in [4.78, 5) is 14.3. The molecule has 1 amide bonds. The summed E-state index contributed by atoms with van der Waals surface area (Å²) in [5, 5.41) is 2.98. The molecule has 0 saturated carbocycles. The van der Waals surface area contributed by atoms with Gasteiger partial charge in [0.15, 0.2) is 11.5 Å². The second kappa shape index (κ2) is 10.1. The molecule has 1 aromatic rings. The number of benzene rings is 1. The molecule has 158 valence electrons. The van der Waals surface area contributed by atoms with Crippen molar-refractivity contribution in [3.63, 3.8) is 0 Å². The lowest BCUT2D eigenvalue weighted by Gasteiger charge is -2.33. The van der Waals surface area contributed by atoms with Crippen LogP contribution < -0.4 is 14.8 Å². The highest BCUT2D eigenvalue weighted by Gasteiger charge is 2.30. The highest BCUT2D eigenvalue weighted by Crippen LogP contribution is 2.30. The first-order valence-electron chi connectivity index (χ1n) is 9.55. The van der Waals surface area contributed by atoms with Gasteiger partial charge in [-0.3, -0.25) is 9.69 Å². The summed E-state index contributed by atoms with van der Waals surface area (Å²) in [6.07, 6.45) is 1.97. The number of piperazine rings is 1. The Bertz CT molecular complexity index is 761. The van der Waals surface area contributed by atoms with E-state index in [0.717, 1.165) is 12.8 Å². The third-order valence-corrected chi connectivity index (χ3v) is 6.71.